The fourth-order valence-electron chi connectivity index (χ4n) is 1.87. The van der Waals surface area contributed by atoms with E-state index in [0.717, 1.165) is 20.2 Å². The Bertz CT molecular complexity index is 642. The molecule has 0 aliphatic rings. The summed E-state index contributed by atoms with van der Waals surface area (Å²) in [4.78, 5) is 3.12. The highest BCUT2D eigenvalue weighted by atomic mass is 32.2. The molecule has 0 amide bonds. The second-order valence-electron chi connectivity index (χ2n) is 4.24. The lowest BCUT2D eigenvalue weighted by Crippen LogP contribution is -2.15. The van der Waals surface area contributed by atoms with Crippen LogP contribution in [0.25, 0.3) is 0 Å². The highest BCUT2D eigenvalue weighted by Crippen LogP contribution is 2.35. The molecule has 2 aromatic carbocycles. The van der Waals surface area contributed by atoms with Gasteiger partial charge < -0.3 is 10.9 Å². The van der Waals surface area contributed by atoms with E-state index in [1.165, 1.54) is 5.56 Å². The Kier molecular flexibility index (Phi) is 4.98. The van der Waals surface area contributed by atoms with Crippen LogP contribution in [0.15, 0.2) is 62.3 Å². The quantitative estimate of drug-likeness (QED) is 0.295. The van der Waals surface area contributed by atoms with Gasteiger partial charge in [0.15, 0.2) is 5.84 Å². The van der Waals surface area contributed by atoms with Crippen molar-refractivity contribution in [3.63, 3.8) is 0 Å². The maximum Gasteiger partial charge on any atom is 0.172 e. The van der Waals surface area contributed by atoms with E-state index in [2.05, 4.69) is 30.3 Å². The maximum absolute atomic E-state index is 8.99. The molecule has 0 spiro atoms. The van der Waals surface area contributed by atoms with Gasteiger partial charge in [0, 0.05) is 20.2 Å². The van der Waals surface area contributed by atoms with Crippen molar-refractivity contribution in [2.45, 2.75) is 21.6 Å². The highest BCUT2D eigenvalue weighted by molar-refractivity contribution is 8.00. The Morgan fingerprint density at radius 3 is 2.50 bits per heavy atom. The van der Waals surface area contributed by atoms with Crippen molar-refractivity contribution in [2.24, 2.45) is 10.9 Å². The van der Waals surface area contributed by atoms with Gasteiger partial charge in [0.2, 0.25) is 0 Å². The topological polar surface area (TPSA) is 58.6 Å². The molecular weight excluding hydrogens is 288 g/mol. The minimum absolute atomic E-state index is 0.144. The summed E-state index contributed by atoms with van der Waals surface area (Å²) in [6.45, 7) is 2.06. The lowest BCUT2D eigenvalue weighted by molar-refractivity contribution is 0.318. The van der Waals surface area contributed by atoms with E-state index < -0.39 is 0 Å². The van der Waals surface area contributed by atoms with Gasteiger partial charge >= 0.3 is 0 Å². The first kappa shape index (κ1) is 14.8. The molecule has 20 heavy (non-hydrogen) atoms. The van der Waals surface area contributed by atoms with Gasteiger partial charge in [-0.25, -0.2) is 0 Å². The standard InChI is InChI=1S/C15H16N2OS2/c1-10-5-3-6-11(9-10)20-13-8-4-7-12(19-2)14(13)15(16)17-18/h3-9,18H,1-2H3,(H2,16,17). The molecule has 3 N–H and O–H groups in total. The van der Waals surface area contributed by atoms with Crippen molar-refractivity contribution in [1.82, 2.24) is 0 Å². The Morgan fingerprint density at radius 1 is 1.15 bits per heavy atom. The smallest absolute Gasteiger partial charge is 0.172 e. The maximum atomic E-state index is 8.99. The van der Waals surface area contributed by atoms with Gasteiger partial charge in [-0.3, -0.25) is 0 Å². The molecule has 0 bridgehead atoms. The van der Waals surface area contributed by atoms with E-state index in [4.69, 9.17) is 10.9 Å². The molecule has 0 aromatic heterocycles. The molecule has 5 heteroatoms. The van der Waals surface area contributed by atoms with Crippen LogP contribution in [0.5, 0.6) is 0 Å². The average molecular weight is 304 g/mol. The van der Waals surface area contributed by atoms with Crippen LogP contribution in [-0.4, -0.2) is 17.3 Å². The van der Waals surface area contributed by atoms with Crippen LogP contribution in [0.4, 0.5) is 0 Å². The fourth-order valence-corrected chi connectivity index (χ4v) is 3.68. The third kappa shape index (κ3) is 3.29. The minimum Gasteiger partial charge on any atom is -0.409 e. The molecule has 0 unspecified atom stereocenters. The van der Waals surface area contributed by atoms with E-state index in [9.17, 15) is 0 Å². The van der Waals surface area contributed by atoms with Gasteiger partial charge in [0.05, 0.1) is 0 Å². The predicted molar refractivity (Wildman–Crippen MR) is 86.0 cm³/mol. The molecule has 0 aliphatic heterocycles. The monoisotopic (exact) mass is 304 g/mol. The van der Waals surface area contributed by atoms with Gasteiger partial charge in [-0.1, -0.05) is 40.7 Å². The minimum atomic E-state index is 0.144. The van der Waals surface area contributed by atoms with Crippen LogP contribution >= 0.6 is 23.5 Å². The van der Waals surface area contributed by atoms with Crippen LogP contribution in [0, 0.1) is 6.92 Å². The van der Waals surface area contributed by atoms with Gasteiger partial charge in [0.1, 0.15) is 0 Å². The Hall–Kier alpha value is -1.59. The first-order chi connectivity index (χ1) is 9.65. The van der Waals surface area contributed by atoms with Gasteiger partial charge in [-0.2, -0.15) is 0 Å². The van der Waals surface area contributed by atoms with E-state index in [1.54, 1.807) is 23.5 Å². The van der Waals surface area contributed by atoms with Crippen LogP contribution in [0.2, 0.25) is 0 Å². The van der Waals surface area contributed by atoms with E-state index >= 15 is 0 Å². The predicted octanol–water partition coefficient (Wildman–Crippen LogP) is 3.96. The summed E-state index contributed by atoms with van der Waals surface area (Å²) in [6, 6.07) is 14.2. The van der Waals surface area contributed by atoms with Crippen molar-refractivity contribution in [1.29, 1.82) is 0 Å². The van der Waals surface area contributed by atoms with Crippen molar-refractivity contribution < 1.29 is 5.21 Å². The third-order valence-corrected chi connectivity index (χ3v) is 4.62. The zero-order valence-corrected chi connectivity index (χ0v) is 13.0. The largest absolute Gasteiger partial charge is 0.409 e. The number of nitrogens with two attached hydrogens (primary N) is 1. The summed E-state index contributed by atoms with van der Waals surface area (Å²) in [6.07, 6.45) is 1.98. The number of hydrogen-bond acceptors (Lipinski definition) is 4. The van der Waals surface area contributed by atoms with Gasteiger partial charge in [0.25, 0.3) is 0 Å². The van der Waals surface area contributed by atoms with Crippen LogP contribution < -0.4 is 5.73 Å². The first-order valence-electron chi connectivity index (χ1n) is 6.05. The summed E-state index contributed by atoms with van der Waals surface area (Å²) in [5.74, 6) is 0.144. The van der Waals surface area contributed by atoms with Crippen LogP contribution in [0.3, 0.4) is 0 Å². The number of rotatable bonds is 4. The van der Waals surface area contributed by atoms with E-state index in [1.807, 2.05) is 30.5 Å². The number of nitrogens with zero attached hydrogens (tertiary/aromatic N) is 1. The normalized spacial score (nSPS) is 11.6. The molecule has 2 rings (SSSR count). The second kappa shape index (κ2) is 6.72. The summed E-state index contributed by atoms with van der Waals surface area (Å²) < 4.78 is 0. The summed E-state index contributed by atoms with van der Waals surface area (Å²) in [5.41, 5.74) is 7.82. The number of amidine groups is 1. The van der Waals surface area contributed by atoms with Gasteiger partial charge in [-0.05, 0) is 37.4 Å². The molecule has 0 fully saturated rings. The molecule has 0 saturated carbocycles. The number of thioether (sulfide) groups is 1. The highest BCUT2D eigenvalue weighted by Gasteiger charge is 2.13. The van der Waals surface area contributed by atoms with E-state index in [-0.39, 0.29) is 5.84 Å². The molecule has 0 heterocycles. The van der Waals surface area contributed by atoms with Crippen LogP contribution in [-0.2, 0) is 0 Å². The Morgan fingerprint density at radius 2 is 1.85 bits per heavy atom. The molecule has 0 aliphatic carbocycles. The summed E-state index contributed by atoms with van der Waals surface area (Å²) >= 11 is 3.20. The lowest BCUT2D eigenvalue weighted by Gasteiger charge is -2.12. The summed E-state index contributed by atoms with van der Waals surface area (Å²) in [7, 11) is 0. The zero-order valence-electron chi connectivity index (χ0n) is 11.3. The lowest BCUT2D eigenvalue weighted by atomic mass is 10.2. The SMILES string of the molecule is CSc1cccc(Sc2cccc(C)c2)c1/C(N)=N/O. The number of benzene rings is 2. The average Bonchev–Trinajstić information content (AvgIpc) is 2.46. The van der Waals surface area contributed by atoms with Crippen molar-refractivity contribution >= 4 is 29.4 Å². The third-order valence-electron chi connectivity index (χ3n) is 2.79. The fraction of sp³-hybridized carbons (Fsp3) is 0.133. The van der Waals surface area contributed by atoms with Crippen LogP contribution in [0.1, 0.15) is 11.1 Å². The molecule has 0 radical (unpaired) electrons. The second-order valence-corrected chi connectivity index (χ2v) is 6.20. The Balaban J connectivity index is 2.46. The molecule has 2 aromatic rings. The molecule has 0 saturated heterocycles. The van der Waals surface area contributed by atoms with Crippen molar-refractivity contribution in [3.8, 4) is 0 Å². The number of hydrogen-bond donors (Lipinski definition) is 2. The van der Waals surface area contributed by atoms with Gasteiger partial charge in [-0.15, -0.1) is 11.8 Å². The number of aryl methyl sites for hydroxylation is 1. The number of oxime groups is 1. The zero-order chi connectivity index (χ0) is 14.5. The first-order valence-corrected chi connectivity index (χ1v) is 8.09. The molecular formula is C15H16N2OS2. The van der Waals surface area contributed by atoms with Crippen molar-refractivity contribution in [2.75, 3.05) is 6.26 Å². The Labute approximate surface area is 127 Å². The molecule has 0 atom stereocenters. The van der Waals surface area contributed by atoms with Crippen molar-refractivity contribution in [3.05, 3.63) is 53.6 Å². The van der Waals surface area contributed by atoms with E-state index in [0.29, 0.717) is 0 Å². The molecule has 3 nitrogen and oxygen atoms in total. The summed E-state index contributed by atoms with van der Waals surface area (Å²) in [5, 5.41) is 12.1. The molecule has 104 valence electrons.